The normalized spacial score (nSPS) is 17.3. The number of rotatable bonds is 3. The Hall–Kier alpha value is -2.83. The molecule has 2 aromatic rings. The van der Waals surface area contributed by atoms with Gasteiger partial charge in [0, 0.05) is 30.4 Å². The Morgan fingerprint density at radius 3 is 2.91 bits per heavy atom. The fourth-order valence-corrected chi connectivity index (χ4v) is 2.74. The highest BCUT2D eigenvalue weighted by Crippen LogP contribution is 2.26. The van der Waals surface area contributed by atoms with Gasteiger partial charge in [-0.3, -0.25) is 4.79 Å². The second-order valence-corrected chi connectivity index (χ2v) is 5.46. The third-order valence-corrected chi connectivity index (χ3v) is 4.00. The monoisotopic (exact) mass is 315 g/mol. The summed E-state index contributed by atoms with van der Waals surface area (Å²) >= 11 is 0. The van der Waals surface area contributed by atoms with E-state index < -0.39 is 11.9 Å². The van der Waals surface area contributed by atoms with Gasteiger partial charge in [0.2, 0.25) is 5.88 Å². The number of nitrogens with one attached hydrogen (secondary N) is 1. The summed E-state index contributed by atoms with van der Waals surface area (Å²) < 4.78 is 5.20. The van der Waals surface area contributed by atoms with Gasteiger partial charge in [-0.15, -0.1) is 0 Å². The number of carboxylic acid groups (broad SMARTS) is 1. The molecule has 120 valence electrons. The molecule has 1 aromatic heterocycles. The Morgan fingerprint density at radius 1 is 1.39 bits per heavy atom. The fraction of sp³-hybridized carbons (Fsp3) is 0.312. The Labute approximate surface area is 132 Å². The maximum atomic E-state index is 12.2. The van der Waals surface area contributed by atoms with E-state index in [4.69, 9.17) is 9.84 Å². The van der Waals surface area contributed by atoms with Crippen LogP contribution in [-0.2, 0) is 4.79 Å². The molecule has 1 aromatic carbocycles. The molecule has 1 aliphatic heterocycles. The Morgan fingerprint density at radius 2 is 2.22 bits per heavy atom. The Bertz CT molecular complexity index is 762. The van der Waals surface area contributed by atoms with Crippen LogP contribution >= 0.6 is 0 Å². The van der Waals surface area contributed by atoms with Crippen molar-refractivity contribution in [3.05, 3.63) is 30.5 Å². The molecule has 7 heteroatoms. The molecule has 7 nitrogen and oxygen atoms in total. The van der Waals surface area contributed by atoms with E-state index in [0.717, 1.165) is 10.8 Å². The number of urea groups is 1. The highest BCUT2D eigenvalue weighted by molar-refractivity contribution is 5.95. The topological polar surface area (TPSA) is 91.8 Å². The van der Waals surface area contributed by atoms with Crippen LogP contribution < -0.4 is 10.1 Å². The smallest absolute Gasteiger partial charge is 0.321 e. The van der Waals surface area contributed by atoms with E-state index in [1.807, 2.05) is 18.2 Å². The first-order valence-electron chi connectivity index (χ1n) is 7.30. The minimum Gasteiger partial charge on any atom is -0.481 e. The lowest BCUT2D eigenvalue weighted by Crippen LogP contribution is -2.33. The molecule has 0 saturated carbocycles. The average Bonchev–Trinajstić information content (AvgIpc) is 3.04. The van der Waals surface area contributed by atoms with E-state index in [1.54, 1.807) is 19.4 Å². The molecule has 1 saturated heterocycles. The lowest BCUT2D eigenvalue weighted by Gasteiger charge is -2.17. The number of hydrogen-bond acceptors (Lipinski definition) is 4. The molecule has 2 amide bonds. The third kappa shape index (κ3) is 3.03. The van der Waals surface area contributed by atoms with Crippen molar-refractivity contribution in [2.24, 2.45) is 5.92 Å². The molecule has 3 rings (SSSR count). The average molecular weight is 315 g/mol. The number of fused-ring (bicyclic) bond motifs is 1. The van der Waals surface area contributed by atoms with Crippen molar-refractivity contribution < 1.29 is 19.4 Å². The number of anilines is 1. The highest BCUT2D eigenvalue weighted by atomic mass is 16.5. The maximum Gasteiger partial charge on any atom is 0.321 e. The molecule has 1 fully saturated rings. The molecule has 1 unspecified atom stereocenters. The Balaban J connectivity index is 1.74. The van der Waals surface area contributed by atoms with Gasteiger partial charge in [0.15, 0.2) is 0 Å². The number of nitrogens with zero attached hydrogens (tertiary/aromatic N) is 2. The quantitative estimate of drug-likeness (QED) is 0.906. The van der Waals surface area contributed by atoms with E-state index in [0.29, 0.717) is 24.5 Å². The number of aromatic nitrogens is 1. The van der Waals surface area contributed by atoms with Crippen LogP contribution in [0, 0.1) is 5.92 Å². The van der Waals surface area contributed by atoms with Crippen LogP contribution in [0.5, 0.6) is 5.88 Å². The molecule has 0 radical (unpaired) electrons. The van der Waals surface area contributed by atoms with Crippen LogP contribution in [0.3, 0.4) is 0 Å². The molecule has 2 heterocycles. The molecular formula is C16H17N3O4. The fourth-order valence-electron chi connectivity index (χ4n) is 2.74. The molecule has 1 aliphatic rings. The van der Waals surface area contributed by atoms with Crippen molar-refractivity contribution in [1.82, 2.24) is 9.88 Å². The van der Waals surface area contributed by atoms with Gasteiger partial charge in [-0.25, -0.2) is 9.78 Å². The second-order valence-electron chi connectivity index (χ2n) is 5.46. The number of benzene rings is 1. The molecule has 0 aliphatic carbocycles. The van der Waals surface area contributed by atoms with E-state index in [1.165, 1.54) is 4.90 Å². The van der Waals surface area contributed by atoms with Gasteiger partial charge in [0.25, 0.3) is 0 Å². The second kappa shape index (κ2) is 6.12. The number of hydrogen-bond donors (Lipinski definition) is 2. The van der Waals surface area contributed by atoms with Gasteiger partial charge in [-0.2, -0.15) is 0 Å². The van der Waals surface area contributed by atoms with Crippen LogP contribution in [0.25, 0.3) is 10.8 Å². The van der Waals surface area contributed by atoms with Gasteiger partial charge in [-0.1, -0.05) is 0 Å². The lowest BCUT2D eigenvalue weighted by molar-refractivity contribution is -0.141. The molecule has 2 N–H and O–H groups in total. The van der Waals surface area contributed by atoms with Crippen LogP contribution in [0.15, 0.2) is 30.5 Å². The zero-order valence-corrected chi connectivity index (χ0v) is 12.7. The number of carbonyl (C=O) groups excluding carboxylic acids is 1. The lowest BCUT2D eigenvalue weighted by atomic mass is 10.1. The van der Waals surface area contributed by atoms with Gasteiger partial charge < -0.3 is 20.1 Å². The first-order valence-corrected chi connectivity index (χ1v) is 7.30. The molecule has 0 spiro atoms. The number of pyridine rings is 1. The summed E-state index contributed by atoms with van der Waals surface area (Å²) in [7, 11) is 1.56. The predicted octanol–water partition coefficient (Wildman–Crippen LogP) is 2.18. The van der Waals surface area contributed by atoms with E-state index >= 15 is 0 Å². The van der Waals surface area contributed by atoms with Crippen molar-refractivity contribution >= 4 is 28.5 Å². The van der Waals surface area contributed by atoms with Gasteiger partial charge in [0.1, 0.15) is 0 Å². The number of amides is 2. The van der Waals surface area contributed by atoms with Crippen LogP contribution in [0.4, 0.5) is 10.5 Å². The largest absolute Gasteiger partial charge is 0.481 e. The van der Waals surface area contributed by atoms with Crippen molar-refractivity contribution in [3.63, 3.8) is 0 Å². The van der Waals surface area contributed by atoms with E-state index in [9.17, 15) is 9.59 Å². The molecule has 0 bridgehead atoms. The summed E-state index contributed by atoms with van der Waals surface area (Å²) in [6.07, 6.45) is 2.13. The number of ether oxygens (including phenoxy) is 1. The zero-order chi connectivity index (χ0) is 16.4. The number of carbonyl (C=O) groups is 2. The minimum atomic E-state index is -0.856. The number of likely N-dealkylation sites (tertiary alicyclic amines) is 1. The summed E-state index contributed by atoms with van der Waals surface area (Å²) in [6.45, 7) is 0.695. The SMILES string of the molecule is COc1nccc2cc(NC(=O)N3CCC(C(=O)O)C3)ccc12. The van der Waals surface area contributed by atoms with Crippen molar-refractivity contribution in [3.8, 4) is 5.88 Å². The third-order valence-electron chi connectivity index (χ3n) is 4.00. The van der Waals surface area contributed by atoms with E-state index in [-0.39, 0.29) is 12.6 Å². The van der Waals surface area contributed by atoms with Crippen LogP contribution in [-0.4, -0.2) is 47.2 Å². The standard InChI is InChI=1S/C16H17N3O4/c1-23-14-13-3-2-12(8-10(13)4-6-17-14)18-16(22)19-7-5-11(9-19)15(20)21/h2-4,6,8,11H,5,7,9H2,1H3,(H,18,22)(H,20,21). The van der Waals surface area contributed by atoms with Crippen molar-refractivity contribution in [2.45, 2.75) is 6.42 Å². The summed E-state index contributed by atoms with van der Waals surface area (Å²) in [5, 5.41) is 13.6. The first kappa shape index (κ1) is 15.1. The van der Waals surface area contributed by atoms with Gasteiger partial charge in [0.05, 0.1) is 13.0 Å². The first-order chi connectivity index (χ1) is 11.1. The summed E-state index contributed by atoms with van der Waals surface area (Å²) in [4.78, 5) is 28.8. The van der Waals surface area contributed by atoms with Crippen LogP contribution in [0.1, 0.15) is 6.42 Å². The van der Waals surface area contributed by atoms with Crippen molar-refractivity contribution in [1.29, 1.82) is 0 Å². The predicted molar refractivity (Wildman–Crippen MR) is 84.6 cm³/mol. The summed E-state index contributed by atoms with van der Waals surface area (Å²) in [6, 6.07) is 7.00. The number of methoxy groups -OCH3 is 1. The van der Waals surface area contributed by atoms with Gasteiger partial charge >= 0.3 is 12.0 Å². The van der Waals surface area contributed by atoms with E-state index in [2.05, 4.69) is 10.3 Å². The summed E-state index contributed by atoms with van der Waals surface area (Å²) in [5.74, 6) is -0.803. The molecular weight excluding hydrogens is 298 g/mol. The highest BCUT2D eigenvalue weighted by Gasteiger charge is 2.30. The van der Waals surface area contributed by atoms with Crippen LogP contribution in [0.2, 0.25) is 0 Å². The molecule has 1 atom stereocenters. The maximum absolute atomic E-state index is 12.2. The number of carboxylic acids is 1. The van der Waals surface area contributed by atoms with Gasteiger partial charge in [-0.05, 0) is 36.1 Å². The van der Waals surface area contributed by atoms with Crippen molar-refractivity contribution in [2.75, 3.05) is 25.5 Å². The Kier molecular flexibility index (Phi) is 4.01. The number of aliphatic carboxylic acids is 1. The minimum absolute atomic E-state index is 0.243. The molecule has 23 heavy (non-hydrogen) atoms. The summed E-state index contributed by atoms with van der Waals surface area (Å²) in [5.41, 5.74) is 0.648. The zero-order valence-electron chi connectivity index (χ0n) is 12.7.